The Bertz CT molecular complexity index is 2090. The molecule has 0 aliphatic carbocycles. The van der Waals surface area contributed by atoms with Crippen LogP contribution in [0.3, 0.4) is 0 Å². The second-order valence-corrected chi connectivity index (χ2v) is 16.9. The first kappa shape index (κ1) is 50.7. The molecule has 0 fully saturated rings. The lowest BCUT2D eigenvalue weighted by atomic mass is 9.70. The number of ether oxygens (including phenoxy) is 2. The second-order valence-electron chi connectivity index (χ2n) is 16.9. The first-order valence-electron chi connectivity index (χ1n) is 22.6. The first-order chi connectivity index (χ1) is 28.9. The maximum absolute atomic E-state index is 11.4. The van der Waals surface area contributed by atoms with E-state index < -0.39 is 17.2 Å². The maximum atomic E-state index is 11.4. The van der Waals surface area contributed by atoms with Crippen molar-refractivity contribution in [3.63, 3.8) is 0 Å². The molecule has 4 rings (SSSR count). The van der Waals surface area contributed by atoms with Crippen LogP contribution in [-0.4, -0.2) is 46.2 Å². The van der Waals surface area contributed by atoms with Crippen LogP contribution < -0.4 is 4.74 Å². The molecule has 6 nitrogen and oxygen atoms in total. The van der Waals surface area contributed by atoms with E-state index >= 15 is 0 Å². The first-order valence-corrected chi connectivity index (χ1v) is 22.6. The van der Waals surface area contributed by atoms with E-state index in [2.05, 4.69) is 113 Å². The van der Waals surface area contributed by atoms with Crippen LogP contribution in [-0.2, 0) is 20.4 Å². The van der Waals surface area contributed by atoms with E-state index in [4.69, 9.17) is 4.74 Å². The van der Waals surface area contributed by atoms with Crippen LogP contribution in [0.25, 0.3) is 12.2 Å². The molecule has 0 aliphatic rings. The Morgan fingerprint density at radius 3 is 1.21 bits per heavy atom. The topological polar surface area (TPSA) is 96.2 Å². The van der Waals surface area contributed by atoms with Crippen molar-refractivity contribution in [2.45, 2.75) is 156 Å². The molecule has 0 saturated carbocycles. The molecule has 0 saturated heterocycles. The van der Waals surface area contributed by atoms with Crippen molar-refractivity contribution in [1.29, 1.82) is 0 Å². The molecule has 0 spiro atoms. The SMILES string of the molecule is CCC(O)(/C=C/c1ccc(C(CC)(CC)c2ccc(O)c(C)c2)cc1C)CC.CCC(O)(/C=C/c1ccc(C(CC)(CC)c2ccc(OCC(=O)OC)c(C)c2)cc1C)CC. The van der Waals surface area contributed by atoms with Gasteiger partial charge in [-0.15, -0.1) is 0 Å². The Hall–Kier alpha value is -4.65. The standard InChI is InChI=1S/C29H40O4.C26H36O2/c1-8-28(31,9-2)17-16-23-12-13-24(18-21(23)5)29(10-3,11-4)25-14-15-26(22(6)19-25)33-20-27(30)32-7;1-7-25(28,8-2)16-15-21-11-12-22(17-19(21)5)26(9-3,10-4)23-13-14-24(27)20(6)18-23/h12-19,31H,8-11,20H2,1-7H3;11-18,27-28H,7-10H2,1-6H3/b17-16+;16-15+. The molecule has 4 aromatic carbocycles. The summed E-state index contributed by atoms with van der Waals surface area (Å²) in [6, 6.07) is 25.5. The van der Waals surface area contributed by atoms with Gasteiger partial charge >= 0.3 is 5.97 Å². The number of hydrogen-bond acceptors (Lipinski definition) is 6. The zero-order valence-electron chi connectivity index (χ0n) is 39.7. The summed E-state index contributed by atoms with van der Waals surface area (Å²) >= 11 is 0. The number of rotatable bonds is 19. The van der Waals surface area contributed by atoms with E-state index in [1.54, 1.807) is 0 Å². The highest BCUT2D eigenvalue weighted by atomic mass is 16.6. The number of aryl methyl sites for hydroxylation is 4. The van der Waals surface area contributed by atoms with Crippen molar-refractivity contribution in [3.8, 4) is 11.5 Å². The lowest BCUT2D eigenvalue weighted by Crippen LogP contribution is -2.26. The Kier molecular flexibility index (Phi) is 18.7. The minimum atomic E-state index is -0.753. The minimum absolute atomic E-state index is 0.0704. The highest BCUT2D eigenvalue weighted by molar-refractivity contribution is 5.71. The van der Waals surface area contributed by atoms with E-state index in [0.717, 1.165) is 47.9 Å². The summed E-state index contributed by atoms with van der Waals surface area (Å²) in [5.41, 5.74) is 10.00. The van der Waals surface area contributed by atoms with Gasteiger partial charge in [-0.1, -0.05) is 140 Å². The van der Waals surface area contributed by atoms with Crippen LogP contribution in [0.4, 0.5) is 0 Å². The summed E-state index contributed by atoms with van der Waals surface area (Å²) in [7, 11) is 1.36. The molecule has 6 heteroatoms. The average molecular weight is 833 g/mol. The summed E-state index contributed by atoms with van der Waals surface area (Å²) < 4.78 is 10.3. The molecule has 4 aromatic rings. The fraction of sp³-hybridized carbons (Fsp3) is 0.473. The van der Waals surface area contributed by atoms with Crippen molar-refractivity contribution in [1.82, 2.24) is 0 Å². The molecular formula is C55H76O6. The smallest absolute Gasteiger partial charge is 0.343 e. The number of phenols is 1. The third kappa shape index (κ3) is 12.0. The third-order valence-electron chi connectivity index (χ3n) is 13.7. The van der Waals surface area contributed by atoms with Gasteiger partial charge in [0.05, 0.1) is 18.3 Å². The molecule has 0 radical (unpaired) electrons. The molecule has 0 aromatic heterocycles. The fourth-order valence-corrected chi connectivity index (χ4v) is 8.51. The van der Waals surface area contributed by atoms with Crippen molar-refractivity contribution in [2.24, 2.45) is 0 Å². The highest BCUT2D eigenvalue weighted by Gasteiger charge is 2.33. The molecule has 0 bridgehead atoms. The quantitative estimate of drug-likeness (QED) is 0.0815. The van der Waals surface area contributed by atoms with Gasteiger partial charge in [0.25, 0.3) is 0 Å². The number of carbonyl (C=O) groups excluding carboxylic acids is 1. The van der Waals surface area contributed by atoms with Gasteiger partial charge in [-0.2, -0.15) is 0 Å². The van der Waals surface area contributed by atoms with Crippen LogP contribution in [0.1, 0.15) is 162 Å². The lowest BCUT2D eigenvalue weighted by Gasteiger charge is -2.34. The van der Waals surface area contributed by atoms with E-state index in [0.29, 0.717) is 37.2 Å². The minimum Gasteiger partial charge on any atom is -0.508 e. The molecule has 0 unspecified atom stereocenters. The number of aliphatic hydroxyl groups is 2. The van der Waals surface area contributed by atoms with Crippen molar-refractivity contribution < 1.29 is 29.6 Å². The molecule has 332 valence electrons. The zero-order chi connectivity index (χ0) is 45.6. The molecule has 3 N–H and O–H groups in total. The molecule has 61 heavy (non-hydrogen) atoms. The number of benzene rings is 4. The lowest BCUT2D eigenvalue weighted by molar-refractivity contribution is -0.142. The molecule has 0 atom stereocenters. The van der Waals surface area contributed by atoms with Crippen LogP contribution in [0.15, 0.2) is 84.9 Å². The Morgan fingerprint density at radius 2 is 0.885 bits per heavy atom. The van der Waals surface area contributed by atoms with Gasteiger partial charge < -0.3 is 24.8 Å². The fourth-order valence-electron chi connectivity index (χ4n) is 8.51. The number of hydrogen-bond donors (Lipinski definition) is 3. The number of carbonyl (C=O) groups is 1. The van der Waals surface area contributed by atoms with E-state index in [9.17, 15) is 20.1 Å². The summed E-state index contributed by atoms with van der Waals surface area (Å²) in [6.07, 6.45) is 14.7. The average Bonchev–Trinajstić information content (AvgIpc) is 3.27. The number of aromatic hydroxyl groups is 1. The van der Waals surface area contributed by atoms with E-state index in [-0.39, 0.29) is 17.4 Å². The van der Waals surface area contributed by atoms with Gasteiger partial charge in [-0.3, -0.25) is 0 Å². The predicted molar refractivity (Wildman–Crippen MR) is 256 cm³/mol. The normalized spacial score (nSPS) is 12.4. The van der Waals surface area contributed by atoms with Gasteiger partial charge in [0.15, 0.2) is 6.61 Å². The van der Waals surface area contributed by atoms with Gasteiger partial charge in [0, 0.05) is 10.8 Å². The molecule has 0 heterocycles. The Balaban J connectivity index is 0.000000330. The number of methoxy groups -OCH3 is 1. The predicted octanol–water partition coefficient (Wildman–Crippen LogP) is 13.2. The summed E-state index contributed by atoms with van der Waals surface area (Å²) in [5, 5.41) is 31.1. The number of esters is 1. The zero-order valence-corrected chi connectivity index (χ0v) is 39.7. The highest BCUT2D eigenvalue weighted by Crippen LogP contribution is 2.42. The third-order valence-corrected chi connectivity index (χ3v) is 13.7. The van der Waals surface area contributed by atoms with E-state index in [1.807, 2.05) is 71.9 Å². The van der Waals surface area contributed by atoms with Crippen LogP contribution in [0, 0.1) is 27.7 Å². The van der Waals surface area contributed by atoms with Crippen LogP contribution in [0.5, 0.6) is 11.5 Å². The van der Waals surface area contributed by atoms with Gasteiger partial charge in [0.2, 0.25) is 0 Å². The summed E-state index contributed by atoms with van der Waals surface area (Å²) in [6.45, 7) is 25.1. The Labute approximate surface area is 368 Å². The number of phenolic OH excluding ortho intramolecular Hbond substituents is 1. The van der Waals surface area contributed by atoms with Crippen LogP contribution >= 0.6 is 0 Å². The molecule has 0 amide bonds. The van der Waals surface area contributed by atoms with Gasteiger partial charge in [-0.05, 0) is 147 Å². The van der Waals surface area contributed by atoms with Gasteiger partial charge in [0.1, 0.15) is 11.5 Å². The van der Waals surface area contributed by atoms with Crippen LogP contribution in [0.2, 0.25) is 0 Å². The summed E-state index contributed by atoms with van der Waals surface area (Å²) in [5.74, 6) is 0.651. The van der Waals surface area contributed by atoms with Crippen molar-refractivity contribution >= 4 is 18.1 Å². The van der Waals surface area contributed by atoms with Crippen molar-refractivity contribution in [2.75, 3.05) is 13.7 Å². The largest absolute Gasteiger partial charge is 0.508 e. The maximum Gasteiger partial charge on any atom is 0.343 e. The van der Waals surface area contributed by atoms with Crippen molar-refractivity contribution in [3.05, 3.63) is 141 Å². The Morgan fingerprint density at radius 1 is 0.525 bits per heavy atom. The van der Waals surface area contributed by atoms with E-state index in [1.165, 1.54) is 40.5 Å². The van der Waals surface area contributed by atoms with Gasteiger partial charge in [-0.25, -0.2) is 4.79 Å². The summed E-state index contributed by atoms with van der Waals surface area (Å²) in [4.78, 5) is 11.4. The monoisotopic (exact) mass is 833 g/mol. The second kappa shape index (κ2) is 22.4. The molecular weight excluding hydrogens is 757 g/mol. The molecule has 0 aliphatic heterocycles.